The third-order valence-electron chi connectivity index (χ3n) is 2.07. The van der Waals surface area contributed by atoms with Crippen molar-refractivity contribution in [3.05, 3.63) is 35.9 Å². The summed E-state index contributed by atoms with van der Waals surface area (Å²) in [4.78, 5) is 11.1. The molecule has 0 bridgehead atoms. The predicted octanol–water partition coefficient (Wildman–Crippen LogP) is 3.27. The van der Waals surface area contributed by atoms with Crippen molar-refractivity contribution in [2.24, 2.45) is 0 Å². The first-order valence-corrected chi connectivity index (χ1v) is 5.76. The lowest BCUT2D eigenvalue weighted by molar-refractivity contribution is 0.0415. The van der Waals surface area contributed by atoms with Crippen LogP contribution in [0.4, 0.5) is 4.79 Å². The molecule has 0 aliphatic carbocycles. The van der Waals surface area contributed by atoms with Gasteiger partial charge in [0.05, 0.1) is 13.2 Å². The highest BCUT2D eigenvalue weighted by Crippen LogP contribution is 2.18. The van der Waals surface area contributed by atoms with Crippen molar-refractivity contribution in [3.63, 3.8) is 0 Å². The van der Waals surface area contributed by atoms with E-state index in [-0.39, 0.29) is 12.7 Å². The summed E-state index contributed by atoms with van der Waals surface area (Å²) < 4.78 is 14.9. The number of methoxy groups -OCH3 is 1. The van der Waals surface area contributed by atoms with Crippen LogP contribution in [0.25, 0.3) is 6.08 Å². The molecule has 0 aromatic heterocycles. The number of rotatable bonds is 5. The first-order valence-electron chi connectivity index (χ1n) is 5.76. The normalized spacial score (nSPS) is 10.7. The molecule has 18 heavy (non-hydrogen) atoms. The number of hydrogen-bond donors (Lipinski definition) is 0. The molecule has 0 fully saturated rings. The van der Waals surface area contributed by atoms with Gasteiger partial charge in [0.2, 0.25) is 0 Å². The van der Waals surface area contributed by atoms with Gasteiger partial charge < -0.3 is 14.2 Å². The summed E-state index contributed by atoms with van der Waals surface area (Å²) in [6, 6.07) is 7.60. The Morgan fingerprint density at radius 3 is 2.72 bits per heavy atom. The van der Waals surface area contributed by atoms with Crippen LogP contribution in [0, 0.1) is 0 Å². The Bertz CT molecular complexity index is 410. The molecule has 0 unspecified atom stereocenters. The standard InChI is InChI=1S/C14H18O4/c1-11(2)18-14(15)17-10-6-8-12-7-4-5-9-13(12)16-3/h4-9,11H,10H2,1-3H3/b8-6+. The molecule has 0 heterocycles. The molecule has 98 valence electrons. The summed E-state index contributed by atoms with van der Waals surface area (Å²) in [6.45, 7) is 3.71. The monoisotopic (exact) mass is 250 g/mol. The van der Waals surface area contributed by atoms with E-state index < -0.39 is 6.16 Å². The third kappa shape index (κ3) is 4.91. The second-order valence-electron chi connectivity index (χ2n) is 3.87. The smallest absolute Gasteiger partial charge is 0.496 e. The van der Waals surface area contributed by atoms with Gasteiger partial charge in [-0.25, -0.2) is 4.79 Å². The van der Waals surface area contributed by atoms with Crippen LogP contribution in [-0.2, 0) is 9.47 Å². The van der Waals surface area contributed by atoms with Gasteiger partial charge in [-0.1, -0.05) is 24.3 Å². The number of hydrogen-bond acceptors (Lipinski definition) is 4. The molecule has 0 saturated carbocycles. The minimum absolute atomic E-state index is 0.170. The zero-order valence-corrected chi connectivity index (χ0v) is 10.9. The Balaban J connectivity index is 2.43. The molecular weight excluding hydrogens is 232 g/mol. The topological polar surface area (TPSA) is 44.8 Å². The van der Waals surface area contributed by atoms with Crippen LogP contribution < -0.4 is 4.74 Å². The second-order valence-corrected chi connectivity index (χ2v) is 3.87. The molecule has 0 saturated heterocycles. The SMILES string of the molecule is COc1ccccc1/C=C/COC(=O)OC(C)C. The maximum atomic E-state index is 11.1. The summed E-state index contributed by atoms with van der Waals surface area (Å²) in [6.07, 6.45) is 2.74. The molecule has 0 spiro atoms. The van der Waals surface area contributed by atoms with E-state index in [0.29, 0.717) is 0 Å². The van der Waals surface area contributed by atoms with Gasteiger partial charge in [-0.15, -0.1) is 0 Å². The maximum Gasteiger partial charge on any atom is 0.508 e. The summed E-state index contributed by atoms with van der Waals surface area (Å²) in [5.41, 5.74) is 0.931. The van der Waals surface area contributed by atoms with Crippen molar-refractivity contribution in [1.82, 2.24) is 0 Å². The van der Waals surface area contributed by atoms with Gasteiger partial charge in [0.1, 0.15) is 12.4 Å². The van der Waals surface area contributed by atoms with Crippen molar-refractivity contribution >= 4 is 12.2 Å². The van der Waals surface area contributed by atoms with Crippen LogP contribution in [-0.4, -0.2) is 26.0 Å². The van der Waals surface area contributed by atoms with Gasteiger partial charge in [0.15, 0.2) is 0 Å². The van der Waals surface area contributed by atoms with Gasteiger partial charge in [-0.2, -0.15) is 0 Å². The lowest BCUT2D eigenvalue weighted by Crippen LogP contribution is -2.12. The van der Waals surface area contributed by atoms with E-state index in [4.69, 9.17) is 14.2 Å². The lowest BCUT2D eigenvalue weighted by atomic mass is 10.2. The fraction of sp³-hybridized carbons (Fsp3) is 0.357. The first-order chi connectivity index (χ1) is 8.63. The van der Waals surface area contributed by atoms with E-state index in [1.165, 1.54) is 0 Å². The van der Waals surface area contributed by atoms with Crippen LogP contribution in [0.2, 0.25) is 0 Å². The average molecular weight is 250 g/mol. The Morgan fingerprint density at radius 2 is 2.06 bits per heavy atom. The van der Waals surface area contributed by atoms with Crippen molar-refractivity contribution in [1.29, 1.82) is 0 Å². The number of carbonyl (C=O) groups excluding carboxylic acids is 1. The van der Waals surface area contributed by atoms with E-state index in [1.807, 2.05) is 30.3 Å². The molecule has 1 rings (SSSR count). The number of ether oxygens (including phenoxy) is 3. The number of carbonyl (C=O) groups is 1. The molecule has 0 atom stereocenters. The molecular formula is C14H18O4. The molecule has 0 radical (unpaired) electrons. The minimum atomic E-state index is -0.658. The van der Waals surface area contributed by atoms with Gasteiger partial charge in [-0.05, 0) is 26.0 Å². The highest BCUT2D eigenvalue weighted by Gasteiger charge is 2.04. The summed E-state index contributed by atoms with van der Waals surface area (Å²) in [5.74, 6) is 0.776. The van der Waals surface area contributed by atoms with Gasteiger partial charge in [0.25, 0.3) is 0 Å². The summed E-state index contributed by atoms with van der Waals surface area (Å²) in [7, 11) is 1.61. The van der Waals surface area contributed by atoms with E-state index in [2.05, 4.69) is 0 Å². The number of para-hydroxylation sites is 1. The Hall–Kier alpha value is -1.97. The molecule has 0 N–H and O–H groups in total. The van der Waals surface area contributed by atoms with E-state index in [1.54, 1.807) is 27.0 Å². The third-order valence-corrected chi connectivity index (χ3v) is 2.07. The zero-order chi connectivity index (χ0) is 13.4. The van der Waals surface area contributed by atoms with Gasteiger partial charge in [0, 0.05) is 5.56 Å². The molecule has 0 amide bonds. The zero-order valence-electron chi connectivity index (χ0n) is 10.9. The Morgan fingerprint density at radius 1 is 1.33 bits per heavy atom. The largest absolute Gasteiger partial charge is 0.508 e. The molecule has 0 aliphatic rings. The van der Waals surface area contributed by atoms with Crippen LogP contribution >= 0.6 is 0 Å². The van der Waals surface area contributed by atoms with Crippen molar-refractivity contribution in [3.8, 4) is 5.75 Å². The minimum Gasteiger partial charge on any atom is -0.496 e. The fourth-order valence-corrected chi connectivity index (χ4v) is 1.32. The van der Waals surface area contributed by atoms with Gasteiger partial charge in [-0.3, -0.25) is 0 Å². The van der Waals surface area contributed by atoms with Crippen LogP contribution in [0.3, 0.4) is 0 Å². The van der Waals surface area contributed by atoms with Crippen LogP contribution in [0.15, 0.2) is 30.3 Å². The number of benzene rings is 1. The predicted molar refractivity (Wildman–Crippen MR) is 69.6 cm³/mol. The molecule has 4 nitrogen and oxygen atoms in total. The van der Waals surface area contributed by atoms with Crippen LogP contribution in [0.1, 0.15) is 19.4 Å². The van der Waals surface area contributed by atoms with Gasteiger partial charge >= 0.3 is 6.16 Å². The highest BCUT2D eigenvalue weighted by molar-refractivity contribution is 5.61. The Labute approximate surface area is 107 Å². The molecule has 4 heteroatoms. The van der Waals surface area contributed by atoms with E-state index in [9.17, 15) is 4.79 Å². The van der Waals surface area contributed by atoms with E-state index >= 15 is 0 Å². The molecule has 1 aromatic rings. The lowest BCUT2D eigenvalue weighted by Gasteiger charge is -2.07. The first kappa shape index (κ1) is 14.1. The van der Waals surface area contributed by atoms with Crippen molar-refractivity contribution in [2.75, 3.05) is 13.7 Å². The van der Waals surface area contributed by atoms with E-state index in [0.717, 1.165) is 11.3 Å². The van der Waals surface area contributed by atoms with Crippen LogP contribution in [0.5, 0.6) is 5.75 Å². The maximum absolute atomic E-state index is 11.1. The quantitative estimate of drug-likeness (QED) is 0.752. The van der Waals surface area contributed by atoms with Crippen molar-refractivity contribution in [2.45, 2.75) is 20.0 Å². The molecule has 0 aliphatic heterocycles. The van der Waals surface area contributed by atoms with Crippen molar-refractivity contribution < 1.29 is 19.0 Å². The fourth-order valence-electron chi connectivity index (χ4n) is 1.32. The second kappa shape index (κ2) is 7.37. The molecule has 1 aromatic carbocycles. The summed E-state index contributed by atoms with van der Waals surface area (Å²) in [5, 5.41) is 0. The summed E-state index contributed by atoms with van der Waals surface area (Å²) >= 11 is 0. The Kier molecular flexibility index (Phi) is 5.77. The highest BCUT2D eigenvalue weighted by atomic mass is 16.7. The average Bonchev–Trinajstić information content (AvgIpc) is 2.34.